The van der Waals surface area contributed by atoms with Gasteiger partial charge in [-0.2, -0.15) is 0 Å². The predicted octanol–water partition coefficient (Wildman–Crippen LogP) is -0.438. The second-order valence-electron chi connectivity index (χ2n) is 4.32. The molecule has 0 aliphatic carbocycles. The number of carbonyl (C=O) groups excluding carboxylic acids is 1. The topological polar surface area (TPSA) is 75.7 Å². The Morgan fingerprint density at radius 3 is 2.35 bits per heavy atom. The van der Waals surface area contributed by atoms with Crippen molar-refractivity contribution in [2.75, 3.05) is 26.5 Å². The van der Waals surface area contributed by atoms with Gasteiger partial charge in [-0.3, -0.25) is 4.79 Å². The minimum absolute atomic E-state index is 0.0399. The Hall–Kier alpha value is -0.660. The van der Waals surface area contributed by atoms with Gasteiger partial charge >= 0.3 is 0 Å². The Morgan fingerprint density at radius 2 is 1.94 bits per heavy atom. The number of sulfonamides is 1. The molecule has 1 rings (SSSR count). The first kappa shape index (κ1) is 14.4. The maximum atomic E-state index is 11.6. The summed E-state index contributed by atoms with van der Waals surface area (Å²) in [7, 11) is -1.62. The zero-order valence-corrected chi connectivity index (χ0v) is 11.3. The van der Waals surface area contributed by atoms with E-state index in [0.717, 1.165) is 0 Å². The van der Waals surface area contributed by atoms with Crippen molar-refractivity contribution in [1.82, 2.24) is 9.62 Å². The highest BCUT2D eigenvalue weighted by molar-refractivity contribution is 7.88. The molecule has 0 saturated carbocycles. The molecule has 6 nitrogen and oxygen atoms in total. The van der Waals surface area contributed by atoms with Crippen LogP contribution in [0.2, 0.25) is 0 Å². The molecule has 0 aromatic heterocycles. The van der Waals surface area contributed by atoms with Crippen LogP contribution in [0.15, 0.2) is 0 Å². The highest BCUT2D eigenvalue weighted by atomic mass is 32.2. The van der Waals surface area contributed by atoms with Crippen molar-refractivity contribution in [1.29, 1.82) is 0 Å². The molecule has 0 bridgehead atoms. The van der Waals surface area contributed by atoms with Crippen LogP contribution in [-0.4, -0.2) is 57.2 Å². The van der Waals surface area contributed by atoms with Crippen molar-refractivity contribution in [3.63, 3.8) is 0 Å². The number of nitrogens with one attached hydrogen (secondary N) is 1. The van der Waals surface area contributed by atoms with E-state index in [2.05, 4.69) is 5.32 Å². The molecule has 1 unspecified atom stereocenters. The summed E-state index contributed by atoms with van der Waals surface area (Å²) in [6, 6.07) is 0.0399. The van der Waals surface area contributed by atoms with Crippen molar-refractivity contribution in [3.05, 3.63) is 0 Å². The molecule has 0 spiro atoms. The van der Waals surface area contributed by atoms with Gasteiger partial charge in [0.1, 0.15) is 6.10 Å². The van der Waals surface area contributed by atoms with E-state index in [1.165, 1.54) is 17.7 Å². The van der Waals surface area contributed by atoms with Gasteiger partial charge in [0, 0.05) is 26.2 Å². The number of methoxy groups -OCH3 is 1. The first-order valence-electron chi connectivity index (χ1n) is 5.63. The van der Waals surface area contributed by atoms with Crippen LogP contribution in [0, 0.1) is 0 Å². The maximum absolute atomic E-state index is 11.6. The van der Waals surface area contributed by atoms with Crippen LogP contribution < -0.4 is 5.32 Å². The highest BCUT2D eigenvalue weighted by Gasteiger charge is 2.26. The van der Waals surface area contributed by atoms with Crippen molar-refractivity contribution in [2.45, 2.75) is 31.9 Å². The van der Waals surface area contributed by atoms with Gasteiger partial charge in [-0.25, -0.2) is 12.7 Å². The SMILES string of the molecule is COC(C)C(=O)NC1CCN(S(C)(=O)=O)CC1. The largest absolute Gasteiger partial charge is 0.372 e. The summed E-state index contributed by atoms with van der Waals surface area (Å²) in [5.41, 5.74) is 0. The Bertz CT molecular complexity index is 361. The number of ether oxygens (including phenoxy) is 1. The van der Waals surface area contributed by atoms with Crippen LogP contribution in [0.3, 0.4) is 0 Å². The lowest BCUT2D eigenvalue weighted by atomic mass is 10.1. The molecule has 100 valence electrons. The number of rotatable bonds is 4. The summed E-state index contributed by atoms with van der Waals surface area (Å²) in [6.07, 6.45) is 2.03. The second-order valence-corrected chi connectivity index (χ2v) is 6.31. The van der Waals surface area contributed by atoms with Gasteiger partial charge < -0.3 is 10.1 Å². The summed E-state index contributed by atoms with van der Waals surface area (Å²) < 4.78 is 28.9. The van der Waals surface area contributed by atoms with Crippen LogP contribution >= 0.6 is 0 Å². The monoisotopic (exact) mass is 264 g/mol. The molecular weight excluding hydrogens is 244 g/mol. The number of hydrogen-bond acceptors (Lipinski definition) is 4. The van der Waals surface area contributed by atoms with E-state index in [1.807, 2.05) is 0 Å². The average molecular weight is 264 g/mol. The summed E-state index contributed by atoms with van der Waals surface area (Å²) in [5.74, 6) is -0.148. The lowest BCUT2D eigenvalue weighted by Crippen LogP contribution is -2.48. The fourth-order valence-electron chi connectivity index (χ4n) is 1.76. The van der Waals surface area contributed by atoms with Gasteiger partial charge in [0.15, 0.2) is 0 Å². The molecule has 17 heavy (non-hydrogen) atoms. The summed E-state index contributed by atoms with van der Waals surface area (Å²) in [6.45, 7) is 2.61. The molecule has 0 radical (unpaired) electrons. The van der Waals surface area contributed by atoms with Gasteiger partial charge in [0.05, 0.1) is 6.26 Å². The van der Waals surface area contributed by atoms with E-state index < -0.39 is 16.1 Å². The highest BCUT2D eigenvalue weighted by Crippen LogP contribution is 2.13. The molecule has 7 heteroatoms. The van der Waals surface area contributed by atoms with Crippen LogP contribution in [0.4, 0.5) is 0 Å². The molecule has 1 fully saturated rings. The van der Waals surface area contributed by atoms with E-state index in [-0.39, 0.29) is 11.9 Å². The summed E-state index contributed by atoms with van der Waals surface area (Å²) >= 11 is 0. The molecule has 1 saturated heterocycles. The normalized spacial score (nSPS) is 21.1. The van der Waals surface area contributed by atoms with Crippen LogP contribution in [-0.2, 0) is 19.6 Å². The average Bonchev–Trinajstić information content (AvgIpc) is 2.27. The first-order valence-corrected chi connectivity index (χ1v) is 7.47. The molecule has 0 aromatic carbocycles. The van der Waals surface area contributed by atoms with E-state index in [4.69, 9.17) is 4.74 Å². The van der Waals surface area contributed by atoms with Crippen molar-refractivity contribution >= 4 is 15.9 Å². The lowest BCUT2D eigenvalue weighted by Gasteiger charge is -2.31. The van der Waals surface area contributed by atoms with Gasteiger partial charge in [0.25, 0.3) is 0 Å². The second kappa shape index (κ2) is 5.79. The molecule has 1 amide bonds. The maximum Gasteiger partial charge on any atom is 0.249 e. The number of amides is 1. The standard InChI is InChI=1S/C10H20N2O4S/c1-8(16-2)10(13)11-9-4-6-12(7-5-9)17(3,14)15/h8-9H,4-7H2,1-3H3,(H,11,13). The van der Waals surface area contributed by atoms with E-state index in [0.29, 0.717) is 25.9 Å². The Morgan fingerprint density at radius 1 is 1.41 bits per heavy atom. The Labute approximate surface area is 102 Å². The van der Waals surface area contributed by atoms with Crippen molar-refractivity contribution < 1.29 is 17.9 Å². The summed E-state index contributed by atoms with van der Waals surface area (Å²) in [5, 5.41) is 2.86. The van der Waals surface area contributed by atoms with E-state index >= 15 is 0 Å². The van der Waals surface area contributed by atoms with E-state index in [9.17, 15) is 13.2 Å². The minimum atomic E-state index is -3.10. The fourth-order valence-corrected chi connectivity index (χ4v) is 2.63. The first-order chi connectivity index (χ1) is 7.84. The van der Waals surface area contributed by atoms with Crippen LogP contribution in [0.5, 0.6) is 0 Å². The van der Waals surface area contributed by atoms with Crippen molar-refractivity contribution in [2.24, 2.45) is 0 Å². The lowest BCUT2D eigenvalue weighted by molar-refractivity contribution is -0.131. The fraction of sp³-hybridized carbons (Fsp3) is 0.900. The quantitative estimate of drug-likeness (QED) is 0.747. The van der Waals surface area contributed by atoms with Crippen LogP contribution in [0.1, 0.15) is 19.8 Å². The smallest absolute Gasteiger partial charge is 0.249 e. The number of piperidine rings is 1. The van der Waals surface area contributed by atoms with Gasteiger partial charge in [-0.15, -0.1) is 0 Å². The minimum Gasteiger partial charge on any atom is -0.372 e. The van der Waals surface area contributed by atoms with Crippen LogP contribution in [0.25, 0.3) is 0 Å². The Balaban J connectivity index is 2.40. The third-order valence-corrected chi connectivity index (χ3v) is 4.30. The molecule has 1 aliphatic rings. The molecule has 1 aliphatic heterocycles. The molecule has 1 heterocycles. The molecule has 1 N–H and O–H groups in total. The van der Waals surface area contributed by atoms with Gasteiger partial charge in [0.2, 0.25) is 15.9 Å². The number of nitrogens with zero attached hydrogens (tertiary/aromatic N) is 1. The number of carbonyl (C=O) groups is 1. The van der Waals surface area contributed by atoms with Gasteiger partial charge in [-0.1, -0.05) is 0 Å². The van der Waals surface area contributed by atoms with E-state index in [1.54, 1.807) is 6.92 Å². The predicted molar refractivity (Wildman–Crippen MR) is 64.1 cm³/mol. The molecule has 0 aromatic rings. The molecule has 1 atom stereocenters. The Kier molecular flexibility index (Phi) is 4.91. The van der Waals surface area contributed by atoms with Gasteiger partial charge in [-0.05, 0) is 19.8 Å². The zero-order chi connectivity index (χ0) is 13.1. The molecular formula is C10H20N2O4S. The summed E-state index contributed by atoms with van der Waals surface area (Å²) in [4.78, 5) is 11.6. The zero-order valence-electron chi connectivity index (χ0n) is 10.5. The third-order valence-electron chi connectivity index (χ3n) is 2.99. The number of hydrogen-bond donors (Lipinski definition) is 1. The third kappa shape index (κ3) is 4.25. The van der Waals surface area contributed by atoms with Crippen molar-refractivity contribution in [3.8, 4) is 0 Å².